The third-order valence-corrected chi connectivity index (χ3v) is 2.41. The fourth-order valence-electron chi connectivity index (χ4n) is 0.991. The molecule has 5 heteroatoms. The highest BCUT2D eigenvalue weighted by molar-refractivity contribution is 9.10. The molecule has 0 aromatic carbocycles. The van der Waals surface area contributed by atoms with Crippen molar-refractivity contribution >= 4 is 27.5 Å². The Morgan fingerprint density at radius 1 is 1.80 bits per heavy atom. The molecular formula is C10H12BrN3O. The lowest BCUT2D eigenvalue weighted by Crippen LogP contribution is -2.35. The number of nitrogens with one attached hydrogen (secondary N) is 1. The van der Waals surface area contributed by atoms with E-state index in [1.165, 1.54) is 0 Å². The summed E-state index contributed by atoms with van der Waals surface area (Å²) in [6.07, 6.45) is 3.69. The van der Waals surface area contributed by atoms with Gasteiger partial charge in [0.25, 0.3) is 0 Å². The van der Waals surface area contributed by atoms with Crippen LogP contribution in [0.3, 0.4) is 0 Å². The van der Waals surface area contributed by atoms with E-state index in [4.69, 9.17) is 5.73 Å². The Kier molecular flexibility index (Phi) is 4.45. The van der Waals surface area contributed by atoms with Crippen LogP contribution in [0.1, 0.15) is 6.42 Å². The van der Waals surface area contributed by atoms with Gasteiger partial charge in [0.05, 0.1) is 11.7 Å². The molecule has 0 bridgehead atoms. The number of hydrogen-bond donors (Lipinski definition) is 2. The largest absolute Gasteiger partial charge is 0.322 e. The first-order valence-electron chi connectivity index (χ1n) is 4.43. The molecule has 1 aromatic heterocycles. The van der Waals surface area contributed by atoms with E-state index in [9.17, 15) is 4.79 Å². The van der Waals surface area contributed by atoms with Crippen LogP contribution in [0.25, 0.3) is 0 Å². The molecule has 15 heavy (non-hydrogen) atoms. The molecule has 0 radical (unpaired) electrons. The van der Waals surface area contributed by atoms with Gasteiger partial charge in [0, 0.05) is 6.20 Å². The third-order valence-electron chi connectivity index (χ3n) is 1.77. The molecule has 80 valence electrons. The maximum Gasteiger partial charge on any atom is 0.241 e. The van der Waals surface area contributed by atoms with Crippen LogP contribution in [0.5, 0.6) is 0 Å². The summed E-state index contributed by atoms with van der Waals surface area (Å²) in [6, 6.07) is 2.91. The highest BCUT2D eigenvalue weighted by atomic mass is 79.9. The van der Waals surface area contributed by atoms with E-state index < -0.39 is 6.04 Å². The minimum Gasteiger partial charge on any atom is -0.322 e. The van der Waals surface area contributed by atoms with Crippen molar-refractivity contribution in [3.8, 4) is 0 Å². The minimum absolute atomic E-state index is 0.247. The Bertz CT molecular complexity index is 367. The average molecular weight is 270 g/mol. The lowest BCUT2D eigenvalue weighted by atomic mass is 10.2. The number of amides is 1. The number of aromatic nitrogens is 1. The van der Waals surface area contributed by atoms with Crippen LogP contribution in [-0.4, -0.2) is 16.9 Å². The number of rotatable bonds is 4. The van der Waals surface area contributed by atoms with Crippen LogP contribution in [0.4, 0.5) is 5.69 Å². The van der Waals surface area contributed by atoms with Gasteiger partial charge in [0.15, 0.2) is 0 Å². The number of anilines is 1. The molecule has 0 spiro atoms. The highest BCUT2D eigenvalue weighted by Crippen LogP contribution is 2.18. The summed E-state index contributed by atoms with van der Waals surface area (Å²) in [6.45, 7) is 3.53. The fraction of sp³-hybridized carbons (Fsp3) is 0.200. The van der Waals surface area contributed by atoms with Crippen molar-refractivity contribution in [1.29, 1.82) is 0 Å². The van der Waals surface area contributed by atoms with E-state index in [2.05, 4.69) is 32.8 Å². The van der Waals surface area contributed by atoms with Crippen molar-refractivity contribution in [3.63, 3.8) is 0 Å². The molecule has 1 atom stereocenters. The van der Waals surface area contributed by atoms with Crippen molar-refractivity contribution in [1.82, 2.24) is 4.98 Å². The molecule has 0 aliphatic carbocycles. The molecule has 1 rings (SSSR count). The second-order valence-electron chi connectivity index (χ2n) is 2.96. The first-order valence-corrected chi connectivity index (χ1v) is 5.22. The molecule has 3 N–H and O–H groups in total. The zero-order valence-electron chi connectivity index (χ0n) is 8.11. The van der Waals surface area contributed by atoms with Gasteiger partial charge in [0.2, 0.25) is 5.91 Å². The number of halogens is 1. The van der Waals surface area contributed by atoms with Crippen molar-refractivity contribution in [2.45, 2.75) is 12.5 Å². The second-order valence-corrected chi connectivity index (χ2v) is 3.71. The number of pyridine rings is 1. The van der Waals surface area contributed by atoms with Gasteiger partial charge in [-0.15, -0.1) is 6.58 Å². The Morgan fingerprint density at radius 2 is 2.53 bits per heavy atom. The van der Waals surface area contributed by atoms with Crippen molar-refractivity contribution < 1.29 is 4.79 Å². The quantitative estimate of drug-likeness (QED) is 0.646. The summed E-state index contributed by atoms with van der Waals surface area (Å²) < 4.78 is 0.587. The number of carbonyl (C=O) groups excluding carboxylic acids is 1. The molecule has 1 amide bonds. The van der Waals surface area contributed by atoms with E-state index in [0.717, 1.165) is 0 Å². The van der Waals surface area contributed by atoms with Crippen molar-refractivity contribution in [2.24, 2.45) is 5.73 Å². The number of nitrogens with zero attached hydrogens (tertiary/aromatic N) is 1. The van der Waals surface area contributed by atoms with E-state index in [-0.39, 0.29) is 5.91 Å². The lowest BCUT2D eigenvalue weighted by molar-refractivity contribution is -0.117. The summed E-state index contributed by atoms with van der Waals surface area (Å²) in [5, 5.41) is 2.67. The first-order chi connectivity index (χ1) is 7.15. The topological polar surface area (TPSA) is 68.0 Å². The van der Waals surface area contributed by atoms with Gasteiger partial charge < -0.3 is 11.1 Å². The third kappa shape index (κ3) is 3.45. The molecule has 0 aliphatic rings. The molecule has 0 saturated heterocycles. The second kappa shape index (κ2) is 5.63. The van der Waals surface area contributed by atoms with Crippen LogP contribution >= 0.6 is 15.9 Å². The summed E-state index contributed by atoms with van der Waals surface area (Å²) in [4.78, 5) is 15.5. The molecular weight excluding hydrogens is 258 g/mol. The normalized spacial score (nSPS) is 11.9. The molecule has 0 fully saturated rings. The summed E-state index contributed by atoms with van der Waals surface area (Å²) in [7, 11) is 0. The highest BCUT2D eigenvalue weighted by Gasteiger charge is 2.12. The van der Waals surface area contributed by atoms with Gasteiger partial charge in [-0.3, -0.25) is 4.79 Å². The maximum absolute atomic E-state index is 11.5. The lowest BCUT2D eigenvalue weighted by Gasteiger charge is -2.10. The van der Waals surface area contributed by atoms with Gasteiger partial charge in [0.1, 0.15) is 4.60 Å². The standard InChI is InChI=1S/C10H12BrN3O/c1-2-4-7(12)10(15)14-8-5-3-6-13-9(8)11/h2-3,5-7H,1,4,12H2,(H,14,15). The van der Waals surface area contributed by atoms with Gasteiger partial charge in [-0.05, 0) is 34.5 Å². The van der Waals surface area contributed by atoms with Crippen molar-refractivity contribution in [3.05, 3.63) is 35.6 Å². The SMILES string of the molecule is C=CCC(N)C(=O)Nc1cccnc1Br. The molecule has 0 saturated carbocycles. The monoisotopic (exact) mass is 269 g/mol. The van der Waals surface area contributed by atoms with Crippen LogP contribution in [-0.2, 0) is 4.79 Å². The Morgan fingerprint density at radius 3 is 3.13 bits per heavy atom. The van der Waals surface area contributed by atoms with Gasteiger partial charge in [-0.1, -0.05) is 6.08 Å². The van der Waals surface area contributed by atoms with Gasteiger partial charge in [-0.2, -0.15) is 0 Å². The summed E-state index contributed by atoms with van der Waals surface area (Å²) >= 11 is 3.23. The summed E-state index contributed by atoms with van der Waals surface area (Å²) in [5.74, 6) is -0.247. The van der Waals surface area contributed by atoms with Crippen LogP contribution in [0.2, 0.25) is 0 Å². The predicted molar refractivity (Wildman–Crippen MR) is 63.4 cm³/mol. The smallest absolute Gasteiger partial charge is 0.241 e. The molecule has 1 unspecified atom stereocenters. The number of carbonyl (C=O) groups is 1. The average Bonchev–Trinajstić information content (AvgIpc) is 2.21. The minimum atomic E-state index is -0.574. The maximum atomic E-state index is 11.5. The molecule has 1 heterocycles. The van der Waals surface area contributed by atoms with Gasteiger partial charge in [-0.25, -0.2) is 4.98 Å². The van der Waals surface area contributed by atoms with E-state index in [1.807, 2.05) is 0 Å². The zero-order chi connectivity index (χ0) is 11.3. The van der Waals surface area contributed by atoms with E-state index in [1.54, 1.807) is 24.4 Å². The first kappa shape index (κ1) is 11.9. The predicted octanol–water partition coefficient (Wildman–Crippen LogP) is 1.69. The Hall–Kier alpha value is -1.20. The van der Waals surface area contributed by atoms with Crippen LogP contribution in [0.15, 0.2) is 35.6 Å². The molecule has 1 aromatic rings. The number of hydrogen-bond acceptors (Lipinski definition) is 3. The number of nitrogens with two attached hydrogens (primary N) is 1. The Labute approximate surface area is 96.7 Å². The summed E-state index contributed by atoms with van der Waals surface area (Å²) in [5.41, 5.74) is 6.22. The van der Waals surface area contributed by atoms with Crippen LogP contribution < -0.4 is 11.1 Å². The molecule has 4 nitrogen and oxygen atoms in total. The van der Waals surface area contributed by atoms with Crippen molar-refractivity contribution in [2.75, 3.05) is 5.32 Å². The zero-order valence-corrected chi connectivity index (χ0v) is 9.70. The molecule has 0 aliphatic heterocycles. The van der Waals surface area contributed by atoms with Gasteiger partial charge >= 0.3 is 0 Å². The van der Waals surface area contributed by atoms with Crippen LogP contribution in [0, 0.1) is 0 Å². The van der Waals surface area contributed by atoms with E-state index >= 15 is 0 Å². The fourth-order valence-corrected chi connectivity index (χ4v) is 1.34. The van der Waals surface area contributed by atoms with E-state index in [0.29, 0.717) is 16.7 Å². The Balaban J connectivity index is 2.66.